The molecule has 5 heteroatoms. The van der Waals surface area contributed by atoms with Gasteiger partial charge in [-0.05, 0) is 19.2 Å². The fraction of sp³-hybridized carbons (Fsp3) is 0.500. The zero-order chi connectivity index (χ0) is 13.8. The highest BCUT2D eigenvalue weighted by Crippen LogP contribution is 2.17. The van der Waals surface area contributed by atoms with Crippen molar-refractivity contribution in [3.8, 4) is 0 Å². The maximum atomic E-state index is 13.9. The molecule has 0 unspecified atom stereocenters. The zero-order valence-corrected chi connectivity index (χ0v) is 11.4. The highest BCUT2D eigenvalue weighted by molar-refractivity contribution is 5.88. The van der Waals surface area contributed by atoms with E-state index < -0.39 is 0 Å². The number of carbonyl (C=O) groups excluding carboxylic acids is 1. The minimum Gasteiger partial charge on any atom is -0.326 e. The van der Waals surface area contributed by atoms with Crippen LogP contribution in [0, 0.1) is 5.82 Å². The number of amides is 1. The molecule has 2 rings (SSSR count). The number of rotatable bonds is 3. The molecule has 1 heterocycles. The third-order valence-corrected chi connectivity index (χ3v) is 3.36. The Balaban J connectivity index is 1.99. The summed E-state index contributed by atoms with van der Waals surface area (Å²) in [5, 5.41) is 2.58. The second-order valence-electron chi connectivity index (χ2n) is 5.07. The predicted octanol–water partition coefficient (Wildman–Crippen LogP) is 1.53. The van der Waals surface area contributed by atoms with Gasteiger partial charge in [0.15, 0.2) is 0 Å². The van der Waals surface area contributed by atoms with Crippen LogP contribution in [0.25, 0.3) is 0 Å². The Kier molecular flexibility index (Phi) is 4.50. The maximum absolute atomic E-state index is 13.9. The molecule has 1 aliphatic heterocycles. The number of carbonyl (C=O) groups is 1. The largest absolute Gasteiger partial charge is 0.326 e. The van der Waals surface area contributed by atoms with Gasteiger partial charge in [-0.3, -0.25) is 9.69 Å². The lowest BCUT2D eigenvalue weighted by atomic mass is 10.1. The lowest BCUT2D eigenvalue weighted by molar-refractivity contribution is -0.114. The number of likely N-dealkylation sites (N-methyl/N-ethyl adjacent to an activating group) is 1. The first-order chi connectivity index (χ1) is 9.04. The van der Waals surface area contributed by atoms with Gasteiger partial charge in [0.25, 0.3) is 0 Å². The van der Waals surface area contributed by atoms with Crippen molar-refractivity contribution in [2.75, 3.05) is 38.5 Å². The Morgan fingerprint density at radius 1 is 1.32 bits per heavy atom. The molecule has 0 aliphatic carbocycles. The molecular weight excluding hydrogens is 245 g/mol. The fourth-order valence-electron chi connectivity index (χ4n) is 2.20. The highest BCUT2D eigenvalue weighted by Gasteiger charge is 2.15. The van der Waals surface area contributed by atoms with Crippen molar-refractivity contribution in [2.24, 2.45) is 0 Å². The average Bonchev–Trinajstić information content (AvgIpc) is 2.34. The average molecular weight is 265 g/mol. The lowest BCUT2D eigenvalue weighted by Gasteiger charge is -2.32. The highest BCUT2D eigenvalue weighted by atomic mass is 19.1. The van der Waals surface area contributed by atoms with E-state index in [0.717, 1.165) is 26.2 Å². The van der Waals surface area contributed by atoms with E-state index in [4.69, 9.17) is 0 Å². The number of hydrogen-bond donors (Lipinski definition) is 1. The molecule has 1 fully saturated rings. The van der Waals surface area contributed by atoms with Crippen molar-refractivity contribution in [1.29, 1.82) is 0 Å². The molecule has 1 aliphatic rings. The summed E-state index contributed by atoms with van der Waals surface area (Å²) in [5.41, 5.74) is 1.19. The zero-order valence-electron chi connectivity index (χ0n) is 11.4. The van der Waals surface area contributed by atoms with E-state index >= 15 is 0 Å². The second-order valence-corrected chi connectivity index (χ2v) is 5.07. The molecule has 1 aromatic carbocycles. The number of anilines is 1. The second kappa shape index (κ2) is 6.12. The van der Waals surface area contributed by atoms with Crippen molar-refractivity contribution < 1.29 is 9.18 Å². The minimum atomic E-state index is -0.259. The lowest BCUT2D eigenvalue weighted by Crippen LogP contribution is -2.44. The maximum Gasteiger partial charge on any atom is 0.221 e. The van der Waals surface area contributed by atoms with Gasteiger partial charge < -0.3 is 10.2 Å². The first-order valence-corrected chi connectivity index (χ1v) is 6.51. The van der Waals surface area contributed by atoms with E-state index in [1.54, 1.807) is 12.1 Å². The van der Waals surface area contributed by atoms with Gasteiger partial charge in [-0.25, -0.2) is 4.39 Å². The van der Waals surface area contributed by atoms with Crippen molar-refractivity contribution in [3.63, 3.8) is 0 Å². The number of halogens is 1. The van der Waals surface area contributed by atoms with Crippen LogP contribution >= 0.6 is 0 Å². The Labute approximate surface area is 113 Å². The summed E-state index contributed by atoms with van der Waals surface area (Å²) in [7, 11) is 2.10. The van der Waals surface area contributed by atoms with Gasteiger partial charge in [-0.15, -0.1) is 0 Å². The molecule has 0 atom stereocenters. The number of piperazine rings is 1. The van der Waals surface area contributed by atoms with Crippen LogP contribution in [0.5, 0.6) is 0 Å². The summed E-state index contributed by atoms with van der Waals surface area (Å²) in [6.45, 7) is 6.00. The SMILES string of the molecule is CC(=O)Nc1ccc(CN2CCN(C)CC2)c(F)c1. The molecule has 1 saturated heterocycles. The van der Waals surface area contributed by atoms with Gasteiger partial charge in [-0.2, -0.15) is 0 Å². The Hall–Kier alpha value is -1.46. The minimum absolute atomic E-state index is 0.189. The summed E-state index contributed by atoms with van der Waals surface area (Å²) in [5.74, 6) is -0.448. The monoisotopic (exact) mass is 265 g/mol. The summed E-state index contributed by atoms with van der Waals surface area (Å²) in [6, 6.07) is 4.88. The molecule has 0 saturated carbocycles. The van der Waals surface area contributed by atoms with Crippen LogP contribution in [-0.2, 0) is 11.3 Å². The molecule has 104 valence electrons. The van der Waals surface area contributed by atoms with Gasteiger partial charge in [0, 0.05) is 50.9 Å². The summed E-state index contributed by atoms with van der Waals surface area (Å²) in [4.78, 5) is 15.4. The Bertz CT molecular complexity index is 456. The number of nitrogens with zero attached hydrogens (tertiary/aromatic N) is 2. The normalized spacial score (nSPS) is 17.4. The number of hydrogen-bond acceptors (Lipinski definition) is 3. The Morgan fingerprint density at radius 3 is 2.58 bits per heavy atom. The molecule has 1 aromatic rings. The van der Waals surface area contributed by atoms with Gasteiger partial charge >= 0.3 is 0 Å². The summed E-state index contributed by atoms with van der Waals surface area (Å²) in [6.07, 6.45) is 0. The molecule has 4 nitrogen and oxygen atoms in total. The molecule has 1 amide bonds. The summed E-state index contributed by atoms with van der Waals surface area (Å²) >= 11 is 0. The molecule has 0 spiro atoms. The van der Waals surface area contributed by atoms with Gasteiger partial charge in [-0.1, -0.05) is 6.07 Å². The van der Waals surface area contributed by atoms with E-state index in [1.807, 2.05) is 0 Å². The molecule has 19 heavy (non-hydrogen) atoms. The topological polar surface area (TPSA) is 35.6 Å². The first-order valence-electron chi connectivity index (χ1n) is 6.51. The van der Waals surface area contributed by atoms with Crippen LogP contribution in [-0.4, -0.2) is 48.9 Å². The van der Waals surface area contributed by atoms with Gasteiger partial charge in [0.2, 0.25) is 5.91 Å². The third kappa shape index (κ3) is 4.01. The molecule has 1 N–H and O–H groups in total. The van der Waals surface area contributed by atoms with E-state index in [0.29, 0.717) is 17.8 Å². The van der Waals surface area contributed by atoms with Crippen LogP contribution in [0.15, 0.2) is 18.2 Å². The van der Waals surface area contributed by atoms with E-state index in [1.165, 1.54) is 13.0 Å². The Morgan fingerprint density at radius 2 is 2.00 bits per heavy atom. The number of nitrogens with one attached hydrogen (secondary N) is 1. The molecule has 0 radical (unpaired) electrons. The smallest absolute Gasteiger partial charge is 0.221 e. The van der Waals surface area contributed by atoms with Crippen molar-refractivity contribution in [2.45, 2.75) is 13.5 Å². The van der Waals surface area contributed by atoms with E-state index in [2.05, 4.69) is 22.2 Å². The standard InChI is InChI=1S/C14H20FN3O/c1-11(19)16-13-4-3-12(14(15)9-13)10-18-7-5-17(2)6-8-18/h3-4,9H,5-8,10H2,1-2H3,(H,16,19). The predicted molar refractivity (Wildman–Crippen MR) is 73.5 cm³/mol. The van der Waals surface area contributed by atoms with Crippen LogP contribution in [0.1, 0.15) is 12.5 Å². The summed E-state index contributed by atoms with van der Waals surface area (Å²) < 4.78 is 13.9. The van der Waals surface area contributed by atoms with E-state index in [9.17, 15) is 9.18 Å². The van der Waals surface area contributed by atoms with Gasteiger partial charge in [0.05, 0.1) is 0 Å². The fourth-order valence-corrected chi connectivity index (χ4v) is 2.20. The molecule has 0 bridgehead atoms. The van der Waals surface area contributed by atoms with Crippen LogP contribution in [0.2, 0.25) is 0 Å². The number of benzene rings is 1. The first kappa shape index (κ1) is 14.0. The van der Waals surface area contributed by atoms with Crippen molar-refractivity contribution >= 4 is 11.6 Å². The van der Waals surface area contributed by atoms with Crippen molar-refractivity contribution in [3.05, 3.63) is 29.6 Å². The quantitative estimate of drug-likeness (QED) is 0.900. The van der Waals surface area contributed by atoms with Gasteiger partial charge in [0.1, 0.15) is 5.82 Å². The van der Waals surface area contributed by atoms with E-state index in [-0.39, 0.29) is 11.7 Å². The van der Waals surface area contributed by atoms with Crippen LogP contribution in [0.4, 0.5) is 10.1 Å². The third-order valence-electron chi connectivity index (χ3n) is 3.36. The van der Waals surface area contributed by atoms with Crippen molar-refractivity contribution in [1.82, 2.24) is 9.80 Å². The van der Waals surface area contributed by atoms with Crippen LogP contribution < -0.4 is 5.32 Å². The molecular formula is C14H20FN3O. The molecule has 0 aromatic heterocycles. The van der Waals surface area contributed by atoms with Crippen LogP contribution in [0.3, 0.4) is 0 Å².